The molecule has 0 unspecified atom stereocenters. The molecule has 0 saturated heterocycles. The molecule has 0 aliphatic carbocycles. The minimum absolute atomic E-state index is 0.218. The Kier molecular flexibility index (Phi) is 8.59. The maximum absolute atomic E-state index is 11.4. The Morgan fingerprint density at radius 1 is 0.800 bits per heavy atom. The molecule has 2 aromatic carbocycles. The second-order valence-corrected chi connectivity index (χ2v) is 10.1. The van der Waals surface area contributed by atoms with Crippen LogP contribution in [0.1, 0.15) is 36.1 Å². The van der Waals surface area contributed by atoms with Crippen LogP contribution in [0.15, 0.2) is 52.3 Å². The second-order valence-electron chi connectivity index (χ2n) is 7.25. The molecule has 186 valence electrons. The number of nitriles is 1. The summed E-state index contributed by atoms with van der Waals surface area (Å²) in [5.74, 6) is 0.626. The zero-order valence-corrected chi connectivity index (χ0v) is 21.4. The van der Waals surface area contributed by atoms with Crippen LogP contribution in [0.5, 0.6) is 0 Å². The third-order valence-electron chi connectivity index (χ3n) is 5.03. The lowest BCUT2D eigenvalue weighted by atomic mass is 10.0. The summed E-state index contributed by atoms with van der Waals surface area (Å²) in [6, 6.07) is 11.4. The Balaban J connectivity index is 0.00000210. The smallest absolute Gasteiger partial charge is 0.294 e. The zero-order valence-electron chi connectivity index (χ0n) is 19.8. The van der Waals surface area contributed by atoms with E-state index in [9.17, 15) is 26.7 Å². The van der Waals surface area contributed by atoms with Gasteiger partial charge in [-0.05, 0) is 79.9 Å². The second kappa shape index (κ2) is 10.8. The lowest BCUT2D eigenvalue weighted by molar-refractivity contribution is 0.481. The van der Waals surface area contributed by atoms with Gasteiger partial charge in [-0.15, -0.1) is 0 Å². The highest BCUT2D eigenvalue weighted by atomic mass is 32.2. The van der Waals surface area contributed by atoms with Gasteiger partial charge in [0.05, 0.1) is 15.4 Å². The van der Waals surface area contributed by atoms with Crippen molar-refractivity contribution in [1.29, 1.82) is 5.26 Å². The van der Waals surface area contributed by atoms with Gasteiger partial charge in [0.15, 0.2) is 5.82 Å². The van der Waals surface area contributed by atoms with Crippen LogP contribution in [-0.2, 0) is 20.2 Å². The van der Waals surface area contributed by atoms with Crippen molar-refractivity contribution in [3.05, 3.63) is 64.7 Å². The van der Waals surface area contributed by atoms with Crippen molar-refractivity contribution in [3.63, 3.8) is 0 Å². The number of rotatable bonds is 6. The van der Waals surface area contributed by atoms with Crippen LogP contribution >= 0.6 is 0 Å². The highest BCUT2D eigenvalue weighted by Gasteiger charge is 2.17. The SMILES string of the molecule is CC.Cc1cc(S(=O)(=O)O)ccc1Nc1nc(Nc2ccc(S(=O)(=O)O)cc2)c(C#N)c(C)c1C. The van der Waals surface area contributed by atoms with Crippen LogP contribution in [0, 0.1) is 32.1 Å². The van der Waals surface area contributed by atoms with Gasteiger partial charge in [-0.25, -0.2) is 4.98 Å². The van der Waals surface area contributed by atoms with Gasteiger partial charge in [0, 0.05) is 11.4 Å². The van der Waals surface area contributed by atoms with E-state index in [-0.39, 0.29) is 21.2 Å². The number of aryl methyl sites for hydroxylation is 1. The molecule has 0 saturated carbocycles. The number of hydrogen-bond donors (Lipinski definition) is 4. The number of pyridine rings is 1. The Morgan fingerprint density at radius 2 is 1.34 bits per heavy atom. The maximum Gasteiger partial charge on any atom is 0.294 e. The van der Waals surface area contributed by atoms with E-state index in [2.05, 4.69) is 21.7 Å². The first-order valence-corrected chi connectivity index (χ1v) is 13.3. The molecule has 0 spiro atoms. The molecule has 1 heterocycles. The minimum atomic E-state index is -4.34. The molecule has 0 bridgehead atoms. The number of benzene rings is 2. The Morgan fingerprint density at radius 3 is 1.83 bits per heavy atom. The summed E-state index contributed by atoms with van der Waals surface area (Å²) in [7, 11) is -8.67. The van der Waals surface area contributed by atoms with Crippen molar-refractivity contribution in [2.24, 2.45) is 0 Å². The average molecular weight is 519 g/mol. The van der Waals surface area contributed by atoms with E-state index in [1.165, 1.54) is 42.5 Å². The number of nitrogens with zero attached hydrogens (tertiary/aromatic N) is 2. The molecule has 0 fully saturated rings. The summed E-state index contributed by atoms with van der Waals surface area (Å²) < 4.78 is 63.5. The van der Waals surface area contributed by atoms with E-state index in [0.29, 0.717) is 33.9 Å². The molecule has 0 atom stereocenters. The summed E-state index contributed by atoms with van der Waals surface area (Å²) in [6.45, 7) is 9.19. The van der Waals surface area contributed by atoms with E-state index < -0.39 is 20.2 Å². The number of aromatic nitrogens is 1. The summed E-state index contributed by atoms with van der Waals surface area (Å²) >= 11 is 0. The lowest BCUT2D eigenvalue weighted by Gasteiger charge is -2.17. The fourth-order valence-electron chi connectivity index (χ4n) is 3.05. The van der Waals surface area contributed by atoms with Gasteiger partial charge in [0.2, 0.25) is 0 Å². The first-order chi connectivity index (χ1) is 16.3. The predicted molar refractivity (Wildman–Crippen MR) is 134 cm³/mol. The number of hydrogen-bond acceptors (Lipinski definition) is 8. The third kappa shape index (κ3) is 6.55. The summed E-state index contributed by atoms with van der Waals surface area (Å²) in [4.78, 5) is 3.99. The molecule has 35 heavy (non-hydrogen) atoms. The van der Waals surface area contributed by atoms with E-state index in [1.807, 2.05) is 13.8 Å². The van der Waals surface area contributed by atoms with Gasteiger partial charge >= 0.3 is 0 Å². The van der Waals surface area contributed by atoms with Gasteiger partial charge in [-0.3, -0.25) is 9.11 Å². The monoisotopic (exact) mass is 518 g/mol. The Hall–Kier alpha value is -3.50. The fourth-order valence-corrected chi connectivity index (χ4v) is 4.10. The Bertz CT molecular complexity index is 1490. The molecule has 3 rings (SSSR count). The van der Waals surface area contributed by atoms with Crippen LogP contribution < -0.4 is 10.6 Å². The highest BCUT2D eigenvalue weighted by Crippen LogP contribution is 2.31. The number of anilines is 4. The van der Waals surface area contributed by atoms with E-state index in [1.54, 1.807) is 20.8 Å². The van der Waals surface area contributed by atoms with Crippen LogP contribution in [-0.4, -0.2) is 30.9 Å². The van der Waals surface area contributed by atoms with Crippen molar-refractivity contribution in [1.82, 2.24) is 4.98 Å². The van der Waals surface area contributed by atoms with E-state index in [0.717, 1.165) is 0 Å². The van der Waals surface area contributed by atoms with Crippen LogP contribution in [0.25, 0.3) is 0 Å². The molecular weight excluding hydrogens is 492 g/mol. The van der Waals surface area contributed by atoms with Gasteiger partial charge in [0.25, 0.3) is 20.2 Å². The molecule has 4 N–H and O–H groups in total. The molecule has 0 radical (unpaired) electrons. The first-order valence-electron chi connectivity index (χ1n) is 10.4. The molecule has 10 nitrogen and oxygen atoms in total. The van der Waals surface area contributed by atoms with E-state index in [4.69, 9.17) is 4.55 Å². The van der Waals surface area contributed by atoms with Crippen LogP contribution in [0.2, 0.25) is 0 Å². The van der Waals surface area contributed by atoms with Gasteiger partial charge in [0.1, 0.15) is 11.9 Å². The van der Waals surface area contributed by atoms with Crippen molar-refractivity contribution in [2.45, 2.75) is 44.4 Å². The molecule has 1 aromatic heterocycles. The predicted octanol–water partition coefficient (Wildman–Crippen LogP) is 4.89. The van der Waals surface area contributed by atoms with Crippen LogP contribution in [0.4, 0.5) is 23.0 Å². The summed E-state index contributed by atoms with van der Waals surface area (Å²) in [5.41, 5.74) is 3.16. The normalized spacial score (nSPS) is 11.1. The highest BCUT2D eigenvalue weighted by molar-refractivity contribution is 7.86. The molecule has 0 aliphatic rings. The average Bonchev–Trinajstić information content (AvgIpc) is 2.79. The minimum Gasteiger partial charge on any atom is -0.340 e. The topological polar surface area (TPSA) is 169 Å². The fraction of sp³-hybridized carbons (Fsp3) is 0.217. The summed E-state index contributed by atoms with van der Waals surface area (Å²) in [6.07, 6.45) is 0. The molecule has 3 aromatic rings. The largest absolute Gasteiger partial charge is 0.340 e. The van der Waals surface area contributed by atoms with Gasteiger partial charge < -0.3 is 10.6 Å². The summed E-state index contributed by atoms with van der Waals surface area (Å²) in [5, 5.41) is 15.7. The maximum atomic E-state index is 11.4. The lowest BCUT2D eigenvalue weighted by Crippen LogP contribution is -2.07. The molecule has 0 aliphatic heterocycles. The Labute approximate surface area is 205 Å². The first kappa shape index (κ1) is 27.7. The van der Waals surface area contributed by atoms with Crippen molar-refractivity contribution >= 4 is 43.2 Å². The van der Waals surface area contributed by atoms with Crippen molar-refractivity contribution in [3.8, 4) is 6.07 Å². The molecular formula is C23H26N4O6S2. The standard InChI is InChI=1S/C21H20N4O6S2.C2H6/c1-12-10-17(33(29,30)31)8-9-19(12)24-20-14(3)13(2)18(11-22)21(25-20)23-15-4-6-16(7-5-15)32(26,27)28;1-2/h4-10H,1-3H3,(H2,23,24,25)(H,26,27,28)(H,29,30,31);1-2H3. The van der Waals surface area contributed by atoms with Gasteiger partial charge in [-0.1, -0.05) is 13.8 Å². The number of nitrogens with one attached hydrogen (secondary N) is 2. The third-order valence-corrected chi connectivity index (χ3v) is 6.75. The van der Waals surface area contributed by atoms with Gasteiger partial charge in [-0.2, -0.15) is 22.1 Å². The molecule has 0 amide bonds. The van der Waals surface area contributed by atoms with E-state index >= 15 is 0 Å². The van der Waals surface area contributed by atoms with Crippen LogP contribution in [0.3, 0.4) is 0 Å². The molecule has 12 heteroatoms. The zero-order chi connectivity index (χ0) is 26.6. The quantitative estimate of drug-likeness (QED) is 0.330. The van der Waals surface area contributed by atoms with Crippen molar-refractivity contribution < 1.29 is 25.9 Å². The van der Waals surface area contributed by atoms with Crippen molar-refractivity contribution in [2.75, 3.05) is 10.6 Å².